The number of unbranched alkanes of at least 4 members (excludes halogenated alkanes) is 1. The van der Waals surface area contributed by atoms with Crippen LogP contribution in [0, 0.1) is 29.1 Å². The normalized spacial score (nSPS) is 11.3. The quantitative estimate of drug-likeness (QED) is 0.283. The van der Waals surface area contributed by atoms with E-state index in [0.29, 0.717) is 30.2 Å². The fourth-order valence-electron chi connectivity index (χ4n) is 3.64. The van der Waals surface area contributed by atoms with Gasteiger partial charge in [0, 0.05) is 17.2 Å². The Balaban J connectivity index is 1.91. The van der Waals surface area contributed by atoms with Crippen molar-refractivity contribution in [2.75, 3.05) is 0 Å². The highest BCUT2D eigenvalue weighted by atomic mass is 19.3. The van der Waals surface area contributed by atoms with Gasteiger partial charge in [-0.3, -0.25) is 5.11 Å². The second-order valence-electron chi connectivity index (χ2n) is 7.71. The van der Waals surface area contributed by atoms with E-state index in [1.54, 1.807) is 6.07 Å². The molecule has 0 unspecified atom stereocenters. The summed E-state index contributed by atoms with van der Waals surface area (Å²) in [6.45, 7) is -1.47. The average molecular weight is 485 g/mol. The molecule has 0 saturated carbocycles. The summed E-state index contributed by atoms with van der Waals surface area (Å²) < 4.78 is 100. The number of alkyl halides is 2. The van der Waals surface area contributed by atoms with Crippen molar-refractivity contribution < 1.29 is 40.6 Å². The highest BCUT2D eigenvalue weighted by Crippen LogP contribution is 2.38. The molecule has 0 atom stereocenters. The molecule has 0 aliphatic heterocycles. The third kappa shape index (κ3) is 5.63. The number of halogens is 7. The minimum absolute atomic E-state index is 0.0883. The highest BCUT2D eigenvalue weighted by Gasteiger charge is 2.24. The Kier molecular flexibility index (Phi) is 8.06. The Bertz CT molecular complexity index is 1160. The molecule has 0 amide bonds. The molecule has 9 heteroatoms. The zero-order valence-electron chi connectivity index (χ0n) is 18.0. The van der Waals surface area contributed by atoms with Gasteiger partial charge in [0.05, 0.1) is 5.56 Å². The molecular weight excluding hydrogens is 465 g/mol. The molecule has 0 N–H and O–H groups in total. The van der Waals surface area contributed by atoms with E-state index in [0.717, 1.165) is 12.8 Å². The summed E-state index contributed by atoms with van der Waals surface area (Å²) in [5, 5.41) is 12.3. The lowest BCUT2D eigenvalue weighted by atomic mass is 9.95. The first kappa shape index (κ1) is 25.4. The van der Waals surface area contributed by atoms with Gasteiger partial charge in [0.25, 0.3) is 0 Å². The standard InChI is InChI=1S/C25H20F7O2/c1-2-3-4-13-5-7-15(17(26)9-13)22-21(33)12-18(27)16(23(22)30)8-6-14-10-19(28)24(20(29)11-14)34-25(31)32/h5,7,9-12,25H,2-4,6,8H2,1H3. The summed E-state index contributed by atoms with van der Waals surface area (Å²) in [5.74, 6) is -8.43. The summed E-state index contributed by atoms with van der Waals surface area (Å²) in [5.41, 5.74) is -0.961. The Morgan fingerprint density at radius 2 is 1.44 bits per heavy atom. The number of hydrogen-bond acceptors (Lipinski definition) is 1. The van der Waals surface area contributed by atoms with E-state index < -0.39 is 64.7 Å². The van der Waals surface area contributed by atoms with Gasteiger partial charge >= 0.3 is 6.61 Å². The highest BCUT2D eigenvalue weighted by molar-refractivity contribution is 5.72. The molecule has 0 spiro atoms. The number of ether oxygens (including phenoxy) is 1. The van der Waals surface area contributed by atoms with Gasteiger partial charge in [-0.05, 0) is 55.0 Å². The molecule has 0 saturated heterocycles. The van der Waals surface area contributed by atoms with E-state index in [9.17, 15) is 31.4 Å². The van der Waals surface area contributed by atoms with E-state index in [-0.39, 0.29) is 17.5 Å². The lowest BCUT2D eigenvalue weighted by molar-refractivity contribution is -0.0546. The van der Waals surface area contributed by atoms with Crippen molar-refractivity contribution in [1.29, 1.82) is 0 Å². The van der Waals surface area contributed by atoms with Gasteiger partial charge in [-0.2, -0.15) is 8.78 Å². The van der Waals surface area contributed by atoms with Crippen molar-refractivity contribution in [3.8, 4) is 22.6 Å². The van der Waals surface area contributed by atoms with Crippen LogP contribution in [0.5, 0.6) is 11.5 Å². The minimum atomic E-state index is -3.44. The van der Waals surface area contributed by atoms with Gasteiger partial charge in [0.15, 0.2) is 23.1 Å². The van der Waals surface area contributed by atoms with Crippen LogP contribution < -0.4 is 4.74 Å². The first-order valence-corrected chi connectivity index (χ1v) is 10.5. The van der Waals surface area contributed by atoms with E-state index in [4.69, 9.17) is 0 Å². The predicted octanol–water partition coefficient (Wildman–Crippen LogP) is 7.92. The smallest absolute Gasteiger partial charge is 0.387 e. The molecule has 0 bridgehead atoms. The number of benzene rings is 3. The Morgan fingerprint density at radius 1 is 0.794 bits per heavy atom. The van der Waals surface area contributed by atoms with E-state index in [1.165, 1.54) is 12.1 Å². The van der Waals surface area contributed by atoms with Crippen LogP contribution in [0.4, 0.5) is 30.7 Å². The van der Waals surface area contributed by atoms with Crippen molar-refractivity contribution >= 4 is 0 Å². The van der Waals surface area contributed by atoms with Crippen LogP contribution in [0.1, 0.15) is 36.5 Å². The van der Waals surface area contributed by atoms with Crippen molar-refractivity contribution in [3.05, 3.63) is 82.2 Å². The number of hydrogen-bond donors (Lipinski definition) is 0. The van der Waals surface area contributed by atoms with Crippen molar-refractivity contribution in [3.63, 3.8) is 0 Å². The Hall–Kier alpha value is -3.23. The maximum Gasteiger partial charge on any atom is 0.387 e. The topological polar surface area (TPSA) is 29.1 Å². The van der Waals surface area contributed by atoms with Crippen LogP contribution >= 0.6 is 0 Å². The molecule has 0 fully saturated rings. The van der Waals surface area contributed by atoms with Crippen molar-refractivity contribution in [1.82, 2.24) is 0 Å². The van der Waals surface area contributed by atoms with Gasteiger partial charge in [-0.25, -0.2) is 22.0 Å². The Morgan fingerprint density at radius 3 is 2.03 bits per heavy atom. The molecule has 0 aliphatic carbocycles. The second kappa shape index (κ2) is 10.8. The van der Waals surface area contributed by atoms with Gasteiger partial charge in [0.1, 0.15) is 17.5 Å². The SMILES string of the molecule is CCCCc1ccc(-c2c([O])cc(F)c(CCc3cc(F)c(OC(F)F)c(F)c3)c2F)c(F)c1. The van der Waals surface area contributed by atoms with Crippen LogP contribution in [0.2, 0.25) is 0 Å². The molecule has 3 aromatic carbocycles. The van der Waals surface area contributed by atoms with E-state index in [1.807, 2.05) is 6.92 Å². The largest absolute Gasteiger partial charge is 0.429 e. The number of aryl methyl sites for hydroxylation is 2. The maximum atomic E-state index is 15.2. The first-order chi connectivity index (χ1) is 16.1. The predicted molar refractivity (Wildman–Crippen MR) is 111 cm³/mol. The molecule has 3 rings (SSSR count). The van der Waals surface area contributed by atoms with Crippen molar-refractivity contribution in [2.24, 2.45) is 0 Å². The minimum Gasteiger partial charge on any atom is -0.429 e. The van der Waals surface area contributed by atoms with Crippen LogP contribution in [-0.4, -0.2) is 6.61 Å². The maximum absolute atomic E-state index is 15.2. The zero-order valence-corrected chi connectivity index (χ0v) is 18.0. The average Bonchev–Trinajstić information content (AvgIpc) is 2.75. The van der Waals surface area contributed by atoms with Gasteiger partial charge in [-0.15, -0.1) is 0 Å². The summed E-state index contributed by atoms with van der Waals surface area (Å²) in [7, 11) is 0. The molecule has 3 aromatic rings. The van der Waals surface area contributed by atoms with Gasteiger partial charge in [-0.1, -0.05) is 25.5 Å². The fraction of sp³-hybridized carbons (Fsp3) is 0.280. The Labute approximate surface area is 191 Å². The summed E-state index contributed by atoms with van der Waals surface area (Å²) >= 11 is 0. The van der Waals surface area contributed by atoms with Crippen molar-refractivity contribution in [2.45, 2.75) is 45.6 Å². The van der Waals surface area contributed by atoms with Crippen LogP contribution in [-0.2, 0) is 24.4 Å². The van der Waals surface area contributed by atoms with E-state index in [2.05, 4.69) is 4.74 Å². The fourth-order valence-corrected chi connectivity index (χ4v) is 3.64. The van der Waals surface area contributed by atoms with Gasteiger partial charge in [0.2, 0.25) is 0 Å². The lowest BCUT2D eigenvalue weighted by Crippen LogP contribution is -2.07. The molecule has 181 valence electrons. The monoisotopic (exact) mass is 485 g/mol. The zero-order chi connectivity index (χ0) is 25.0. The third-order valence-electron chi connectivity index (χ3n) is 5.33. The molecule has 2 nitrogen and oxygen atoms in total. The summed E-state index contributed by atoms with van der Waals surface area (Å²) in [6, 6.07) is 5.95. The second-order valence-corrected chi connectivity index (χ2v) is 7.71. The summed E-state index contributed by atoms with van der Waals surface area (Å²) in [6.07, 6.45) is 1.57. The van der Waals surface area contributed by atoms with Gasteiger partial charge < -0.3 is 4.74 Å². The first-order valence-electron chi connectivity index (χ1n) is 10.5. The van der Waals surface area contributed by atoms with Crippen LogP contribution in [0.25, 0.3) is 11.1 Å². The molecule has 0 aliphatic rings. The molecule has 34 heavy (non-hydrogen) atoms. The van der Waals surface area contributed by atoms with E-state index >= 15 is 4.39 Å². The molecule has 0 heterocycles. The van der Waals surface area contributed by atoms with Crippen LogP contribution in [0.15, 0.2) is 36.4 Å². The molecule has 0 aromatic heterocycles. The van der Waals surface area contributed by atoms with Crippen LogP contribution in [0.3, 0.4) is 0 Å². The summed E-state index contributed by atoms with van der Waals surface area (Å²) in [4.78, 5) is 0. The number of rotatable bonds is 9. The third-order valence-corrected chi connectivity index (χ3v) is 5.33. The molecule has 1 radical (unpaired) electrons. The molecular formula is C25H20F7O2. The lowest BCUT2D eigenvalue weighted by Gasteiger charge is -2.13.